The van der Waals surface area contributed by atoms with Crippen molar-refractivity contribution in [1.82, 2.24) is 10.2 Å². The number of rotatable bonds is 3. The predicted octanol–water partition coefficient (Wildman–Crippen LogP) is 2.44. The van der Waals surface area contributed by atoms with E-state index in [-0.39, 0.29) is 18.3 Å². The molecule has 0 radical (unpaired) electrons. The van der Waals surface area contributed by atoms with Crippen LogP contribution in [0, 0.1) is 11.8 Å². The van der Waals surface area contributed by atoms with E-state index in [0.717, 1.165) is 32.0 Å². The van der Waals surface area contributed by atoms with Crippen LogP contribution in [0.25, 0.3) is 0 Å². The first kappa shape index (κ1) is 15.8. The zero-order chi connectivity index (χ0) is 12.3. The summed E-state index contributed by atoms with van der Waals surface area (Å²) in [6.45, 7) is 7.05. The molecule has 1 saturated carbocycles. The van der Waals surface area contributed by atoms with Gasteiger partial charge in [-0.3, -0.25) is 4.79 Å². The Morgan fingerprint density at radius 2 is 2.06 bits per heavy atom. The minimum absolute atomic E-state index is 0. The van der Waals surface area contributed by atoms with Crippen LogP contribution in [-0.4, -0.2) is 36.5 Å². The van der Waals surface area contributed by atoms with Crippen molar-refractivity contribution in [3.8, 4) is 0 Å². The first-order valence-corrected chi connectivity index (χ1v) is 7.19. The lowest BCUT2D eigenvalue weighted by Crippen LogP contribution is -2.53. The normalized spacial score (nSPS) is 26.8. The maximum atomic E-state index is 12.4. The van der Waals surface area contributed by atoms with Crippen molar-refractivity contribution in [2.45, 2.75) is 52.0 Å². The molecule has 2 aliphatic rings. The fraction of sp³-hybridized carbons (Fsp3) is 0.929. The van der Waals surface area contributed by atoms with E-state index in [4.69, 9.17) is 0 Å². The maximum Gasteiger partial charge on any atom is 0.225 e. The average molecular weight is 275 g/mol. The van der Waals surface area contributed by atoms with Crippen LogP contribution >= 0.6 is 12.4 Å². The summed E-state index contributed by atoms with van der Waals surface area (Å²) in [7, 11) is 0. The molecule has 2 unspecified atom stereocenters. The molecule has 0 aromatic rings. The summed E-state index contributed by atoms with van der Waals surface area (Å²) < 4.78 is 0. The highest BCUT2D eigenvalue weighted by atomic mass is 35.5. The van der Waals surface area contributed by atoms with Crippen LogP contribution in [0.4, 0.5) is 0 Å². The number of halogens is 1. The lowest BCUT2D eigenvalue weighted by molar-refractivity contribution is -0.138. The highest BCUT2D eigenvalue weighted by Gasteiger charge is 2.28. The Bertz CT molecular complexity index is 267. The van der Waals surface area contributed by atoms with Crippen LogP contribution in [0.5, 0.6) is 0 Å². The van der Waals surface area contributed by atoms with E-state index in [2.05, 4.69) is 24.1 Å². The van der Waals surface area contributed by atoms with Crippen molar-refractivity contribution < 1.29 is 4.79 Å². The molecule has 3 nitrogen and oxygen atoms in total. The topological polar surface area (TPSA) is 32.3 Å². The first-order chi connectivity index (χ1) is 8.18. The van der Waals surface area contributed by atoms with Gasteiger partial charge in [0.2, 0.25) is 5.91 Å². The molecule has 0 spiro atoms. The van der Waals surface area contributed by atoms with Gasteiger partial charge in [-0.1, -0.05) is 32.6 Å². The van der Waals surface area contributed by atoms with Gasteiger partial charge in [0.1, 0.15) is 0 Å². The molecule has 2 fully saturated rings. The maximum absolute atomic E-state index is 12.4. The van der Waals surface area contributed by atoms with Crippen molar-refractivity contribution in [1.29, 1.82) is 0 Å². The number of amides is 1. The number of carbonyl (C=O) groups is 1. The SMILES string of the molecule is CC(CC1CCCC1)C(=O)N1CCNCC1C.Cl. The van der Waals surface area contributed by atoms with Crippen molar-refractivity contribution >= 4 is 18.3 Å². The van der Waals surface area contributed by atoms with Crippen molar-refractivity contribution in [2.75, 3.05) is 19.6 Å². The van der Waals surface area contributed by atoms with E-state index in [1.54, 1.807) is 0 Å². The van der Waals surface area contributed by atoms with Gasteiger partial charge >= 0.3 is 0 Å². The van der Waals surface area contributed by atoms with Crippen LogP contribution < -0.4 is 5.32 Å². The Morgan fingerprint density at radius 3 is 2.67 bits per heavy atom. The highest BCUT2D eigenvalue weighted by Crippen LogP contribution is 2.31. The summed E-state index contributed by atoms with van der Waals surface area (Å²) in [5.74, 6) is 1.41. The molecule has 0 aromatic carbocycles. The predicted molar refractivity (Wildman–Crippen MR) is 77.0 cm³/mol. The van der Waals surface area contributed by atoms with Gasteiger partial charge < -0.3 is 10.2 Å². The fourth-order valence-electron chi connectivity index (χ4n) is 3.30. The van der Waals surface area contributed by atoms with Crippen LogP contribution in [0.2, 0.25) is 0 Å². The van der Waals surface area contributed by atoms with E-state index in [1.807, 2.05) is 0 Å². The van der Waals surface area contributed by atoms with Crippen LogP contribution in [-0.2, 0) is 4.79 Å². The average Bonchev–Trinajstić information content (AvgIpc) is 2.81. The van der Waals surface area contributed by atoms with Gasteiger partial charge in [-0.15, -0.1) is 12.4 Å². The molecule has 2 rings (SSSR count). The van der Waals surface area contributed by atoms with Gasteiger partial charge in [-0.2, -0.15) is 0 Å². The molecule has 0 bridgehead atoms. The zero-order valence-corrected chi connectivity index (χ0v) is 12.5. The standard InChI is InChI=1S/C14H26N2O.ClH/c1-11(9-13-5-3-4-6-13)14(17)16-8-7-15-10-12(16)2;/h11-13,15H,3-10H2,1-2H3;1H. The van der Waals surface area contributed by atoms with E-state index in [1.165, 1.54) is 25.7 Å². The largest absolute Gasteiger partial charge is 0.337 e. The second-order valence-electron chi connectivity index (χ2n) is 5.87. The summed E-state index contributed by atoms with van der Waals surface area (Å²) >= 11 is 0. The third kappa shape index (κ3) is 3.86. The van der Waals surface area contributed by atoms with Gasteiger partial charge in [0.15, 0.2) is 0 Å². The molecule has 0 aromatic heterocycles. The van der Waals surface area contributed by atoms with E-state index >= 15 is 0 Å². The number of piperazine rings is 1. The fourth-order valence-corrected chi connectivity index (χ4v) is 3.30. The van der Waals surface area contributed by atoms with E-state index in [9.17, 15) is 4.79 Å². The van der Waals surface area contributed by atoms with Crippen LogP contribution in [0.3, 0.4) is 0 Å². The van der Waals surface area contributed by atoms with Gasteiger partial charge in [-0.25, -0.2) is 0 Å². The molecule has 18 heavy (non-hydrogen) atoms. The summed E-state index contributed by atoms with van der Waals surface area (Å²) in [4.78, 5) is 14.5. The second-order valence-corrected chi connectivity index (χ2v) is 5.87. The summed E-state index contributed by atoms with van der Waals surface area (Å²) in [5, 5.41) is 3.34. The monoisotopic (exact) mass is 274 g/mol. The lowest BCUT2D eigenvalue weighted by Gasteiger charge is -2.36. The molecule has 1 amide bonds. The number of hydrogen-bond acceptors (Lipinski definition) is 2. The third-order valence-corrected chi connectivity index (χ3v) is 4.37. The van der Waals surface area contributed by atoms with Gasteiger partial charge in [0, 0.05) is 31.6 Å². The minimum Gasteiger partial charge on any atom is -0.337 e. The lowest BCUT2D eigenvalue weighted by atomic mass is 9.93. The second kappa shape index (κ2) is 7.34. The van der Waals surface area contributed by atoms with Gasteiger partial charge in [0.25, 0.3) is 0 Å². The molecule has 4 heteroatoms. The third-order valence-electron chi connectivity index (χ3n) is 4.37. The smallest absolute Gasteiger partial charge is 0.225 e. The molecule has 1 aliphatic heterocycles. The summed E-state index contributed by atoms with van der Waals surface area (Å²) in [6, 6.07) is 0.363. The summed E-state index contributed by atoms with van der Waals surface area (Å²) in [6.07, 6.45) is 6.53. The molecule has 1 aliphatic carbocycles. The van der Waals surface area contributed by atoms with E-state index < -0.39 is 0 Å². The number of hydrogen-bond donors (Lipinski definition) is 1. The number of nitrogens with zero attached hydrogens (tertiary/aromatic N) is 1. The van der Waals surface area contributed by atoms with Gasteiger partial charge in [-0.05, 0) is 19.3 Å². The Kier molecular flexibility index (Phi) is 6.44. The van der Waals surface area contributed by atoms with Crippen molar-refractivity contribution in [2.24, 2.45) is 11.8 Å². The Labute approximate surface area is 117 Å². The quantitative estimate of drug-likeness (QED) is 0.857. The van der Waals surface area contributed by atoms with Gasteiger partial charge in [0.05, 0.1) is 0 Å². The minimum atomic E-state index is 0. The Hall–Kier alpha value is -0.280. The molecule has 106 valence electrons. The first-order valence-electron chi connectivity index (χ1n) is 7.19. The molecule has 2 atom stereocenters. The highest BCUT2D eigenvalue weighted by molar-refractivity contribution is 5.85. The molecular formula is C14H27ClN2O. The molecule has 1 saturated heterocycles. The zero-order valence-electron chi connectivity index (χ0n) is 11.7. The Morgan fingerprint density at radius 1 is 1.39 bits per heavy atom. The van der Waals surface area contributed by atoms with Crippen LogP contribution in [0.1, 0.15) is 46.0 Å². The van der Waals surface area contributed by atoms with E-state index in [0.29, 0.717) is 11.9 Å². The molecule has 1 heterocycles. The Balaban J connectivity index is 0.00000162. The number of carbonyl (C=O) groups excluding carboxylic acids is 1. The van der Waals surface area contributed by atoms with Crippen LogP contribution in [0.15, 0.2) is 0 Å². The van der Waals surface area contributed by atoms with Crippen molar-refractivity contribution in [3.63, 3.8) is 0 Å². The molecule has 1 N–H and O–H groups in total. The summed E-state index contributed by atoms with van der Waals surface area (Å²) in [5.41, 5.74) is 0. The number of nitrogens with one attached hydrogen (secondary N) is 1. The molecular weight excluding hydrogens is 248 g/mol. The van der Waals surface area contributed by atoms with Crippen molar-refractivity contribution in [3.05, 3.63) is 0 Å².